The van der Waals surface area contributed by atoms with Gasteiger partial charge in [0.25, 0.3) is 0 Å². The SMILES string of the molecule is CCCNC(=O)Nc1cccc2c1CCNC2. The average Bonchev–Trinajstić information content (AvgIpc) is 2.37. The van der Waals surface area contributed by atoms with Crippen molar-refractivity contribution in [2.24, 2.45) is 0 Å². The summed E-state index contributed by atoms with van der Waals surface area (Å²) >= 11 is 0. The molecule has 3 N–H and O–H groups in total. The summed E-state index contributed by atoms with van der Waals surface area (Å²) in [6.45, 7) is 4.61. The molecule has 0 fully saturated rings. The average molecular weight is 233 g/mol. The molecule has 0 aliphatic carbocycles. The Kier molecular flexibility index (Phi) is 3.98. The topological polar surface area (TPSA) is 53.2 Å². The molecule has 92 valence electrons. The summed E-state index contributed by atoms with van der Waals surface area (Å²) in [6, 6.07) is 5.95. The maximum atomic E-state index is 11.6. The van der Waals surface area contributed by atoms with Gasteiger partial charge in [-0.15, -0.1) is 0 Å². The highest BCUT2D eigenvalue weighted by Gasteiger charge is 2.13. The van der Waals surface area contributed by atoms with Crippen LogP contribution in [0.25, 0.3) is 0 Å². The molecule has 4 nitrogen and oxygen atoms in total. The maximum absolute atomic E-state index is 11.6. The number of hydrogen-bond donors (Lipinski definition) is 3. The molecule has 2 rings (SSSR count). The Hall–Kier alpha value is -1.55. The zero-order chi connectivity index (χ0) is 12.1. The van der Waals surface area contributed by atoms with Gasteiger partial charge in [0.05, 0.1) is 0 Å². The van der Waals surface area contributed by atoms with Crippen LogP contribution in [0.15, 0.2) is 18.2 Å². The number of urea groups is 1. The van der Waals surface area contributed by atoms with Crippen molar-refractivity contribution in [2.75, 3.05) is 18.4 Å². The Labute approximate surface area is 102 Å². The number of amides is 2. The van der Waals surface area contributed by atoms with E-state index in [4.69, 9.17) is 0 Å². The molecule has 17 heavy (non-hydrogen) atoms. The van der Waals surface area contributed by atoms with Gasteiger partial charge < -0.3 is 16.0 Å². The number of benzene rings is 1. The van der Waals surface area contributed by atoms with Crippen molar-refractivity contribution in [3.63, 3.8) is 0 Å². The number of fused-ring (bicyclic) bond motifs is 1. The molecule has 1 heterocycles. The third kappa shape index (κ3) is 2.97. The van der Waals surface area contributed by atoms with Crippen LogP contribution in [-0.4, -0.2) is 19.1 Å². The van der Waals surface area contributed by atoms with Crippen molar-refractivity contribution in [3.05, 3.63) is 29.3 Å². The van der Waals surface area contributed by atoms with Gasteiger partial charge in [0, 0.05) is 18.8 Å². The first kappa shape index (κ1) is 11.9. The zero-order valence-corrected chi connectivity index (χ0v) is 10.2. The number of carbonyl (C=O) groups is 1. The largest absolute Gasteiger partial charge is 0.338 e. The molecule has 0 spiro atoms. The lowest BCUT2D eigenvalue weighted by Gasteiger charge is -2.20. The number of hydrogen-bond acceptors (Lipinski definition) is 2. The number of anilines is 1. The fraction of sp³-hybridized carbons (Fsp3) is 0.462. The van der Waals surface area contributed by atoms with Crippen LogP contribution in [0, 0.1) is 0 Å². The van der Waals surface area contributed by atoms with Crippen LogP contribution in [0.2, 0.25) is 0 Å². The number of rotatable bonds is 3. The fourth-order valence-electron chi connectivity index (χ4n) is 2.05. The van der Waals surface area contributed by atoms with E-state index in [9.17, 15) is 4.79 Å². The number of nitrogens with one attached hydrogen (secondary N) is 3. The van der Waals surface area contributed by atoms with Gasteiger partial charge in [-0.25, -0.2) is 4.79 Å². The molecular weight excluding hydrogens is 214 g/mol. The first-order valence-corrected chi connectivity index (χ1v) is 6.17. The van der Waals surface area contributed by atoms with Crippen molar-refractivity contribution in [3.8, 4) is 0 Å². The molecule has 0 radical (unpaired) electrons. The van der Waals surface area contributed by atoms with Gasteiger partial charge in [-0.05, 0) is 36.6 Å². The lowest BCUT2D eigenvalue weighted by Crippen LogP contribution is -2.31. The van der Waals surface area contributed by atoms with E-state index in [0.717, 1.165) is 31.6 Å². The monoisotopic (exact) mass is 233 g/mol. The molecule has 4 heteroatoms. The standard InChI is InChI=1S/C13H19N3O/c1-2-7-15-13(17)16-12-5-3-4-10-9-14-8-6-11(10)12/h3-5,14H,2,6-9H2,1H3,(H2,15,16,17). The fourth-order valence-corrected chi connectivity index (χ4v) is 2.05. The quantitative estimate of drug-likeness (QED) is 0.746. The van der Waals surface area contributed by atoms with Gasteiger partial charge in [-0.2, -0.15) is 0 Å². The Morgan fingerprint density at radius 1 is 1.47 bits per heavy atom. The molecule has 0 aromatic heterocycles. The van der Waals surface area contributed by atoms with Gasteiger partial charge in [0.1, 0.15) is 0 Å². The summed E-state index contributed by atoms with van der Waals surface area (Å²) in [4.78, 5) is 11.6. The van der Waals surface area contributed by atoms with Crippen LogP contribution in [0.5, 0.6) is 0 Å². The minimum atomic E-state index is -0.112. The van der Waals surface area contributed by atoms with Crippen LogP contribution < -0.4 is 16.0 Å². The Morgan fingerprint density at radius 2 is 2.35 bits per heavy atom. The summed E-state index contributed by atoms with van der Waals surface area (Å²) in [6.07, 6.45) is 1.92. The molecule has 0 unspecified atom stereocenters. The van der Waals surface area contributed by atoms with E-state index in [2.05, 4.69) is 22.0 Å². The second-order valence-corrected chi connectivity index (χ2v) is 4.25. The first-order chi connectivity index (χ1) is 8.31. The third-order valence-corrected chi connectivity index (χ3v) is 2.92. The van der Waals surface area contributed by atoms with Gasteiger partial charge in [-0.1, -0.05) is 19.1 Å². The van der Waals surface area contributed by atoms with E-state index in [-0.39, 0.29) is 6.03 Å². The summed E-state index contributed by atoms with van der Waals surface area (Å²) in [5, 5.41) is 9.08. The van der Waals surface area contributed by atoms with Crippen LogP contribution in [0.1, 0.15) is 24.5 Å². The Bertz CT molecular complexity index is 404. The van der Waals surface area contributed by atoms with E-state index in [1.54, 1.807) is 0 Å². The molecule has 1 aromatic carbocycles. The molecule has 0 saturated heterocycles. The van der Waals surface area contributed by atoms with Crippen molar-refractivity contribution in [1.82, 2.24) is 10.6 Å². The second kappa shape index (κ2) is 5.68. The predicted octanol–water partition coefficient (Wildman–Crippen LogP) is 1.86. The first-order valence-electron chi connectivity index (χ1n) is 6.17. The molecule has 1 aromatic rings. The molecule has 1 aliphatic heterocycles. The third-order valence-electron chi connectivity index (χ3n) is 2.92. The van der Waals surface area contributed by atoms with Crippen molar-refractivity contribution in [2.45, 2.75) is 26.3 Å². The summed E-state index contributed by atoms with van der Waals surface area (Å²) in [5.74, 6) is 0. The minimum absolute atomic E-state index is 0.112. The maximum Gasteiger partial charge on any atom is 0.319 e. The van der Waals surface area contributed by atoms with E-state index in [1.165, 1.54) is 11.1 Å². The van der Waals surface area contributed by atoms with Gasteiger partial charge in [0.2, 0.25) is 0 Å². The highest BCUT2D eigenvalue weighted by Crippen LogP contribution is 2.22. The van der Waals surface area contributed by atoms with E-state index >= 15 is 0 Å². The summed E-state index contributed by atoms with van der Waals surface area (Å²) < 4.78 is 0. The minimum Gasteiger partial charge on any atom is -0.338 e. The van der Waals surface area contributed by atoms with E-state index < -0.39 is 0 Å². The van der Waals surface area contributed by atoms with Crippen molar-refractivity contribution in [1.29, 1.82) is 0 Å². The molecule has 1 aliphatic rings. The van der Waals surface area contributed by atoms with Gasteiger partial charge >= 0.3 is 6.03 Å². The summed E-state index contributed by atoms with van der Waals surface area (Å²) in [7, 11) is 0. The normalized spacial score (nSPS) is 13.9. The molecule has 2 amide bonds. The zero-order valence-electron chi connectivity index (χ0n) is 10.2. The smallest absolute Gasteiger partial charge is 0.319 e. The van der Waals surface area contributed by atoms with Crippen LogP contribution >= 0.6 is 0 Å². The van der Waals surface area contributed by atoms with Crippen LogP contribution in [0.4, 0.5) is 10.5 Å². The number of carbonyl (C=O) groups excluding carboxylic acids is 1. The van der Waals surface area contributed by atoms with Crippen molar-refractivity contribution < 1.29 is 4.79 Å². The van der Waals surface area contributed by atoms with Crippen molar-refractivity contribution >= 4 is 11.7 Å². The molecule has 0 atom stereocenters. The summed E-state index contributed by atoms with van der Waals surface area (Å²) in [5.41, 5.74) is 3.49. The molecular formula is C13H19N3O. The van der Waals surface area contributed by atoms with Crippen LogP contribution in [-0.2, 0) is 13.0 Å². The molecule has 0 saturated carbocycles. The highest BCUT2D eigenvalue weighted by atomic mass is 16.2. The van der Waals surface area contributed by atoms with E-state index in [1.807, 2.05) is 19.1 Å². The Morgan fingerprint density at radius 3 is 3.18 bits per heavy atom. The van der Waals surface area contributed by atoms with Crippen LogP contribution in [0.3, 0.4) is 0 Å². The molecule has 0 bridgehead atoms. The second-order valence-electron chi connectivity index (χ2n) is 4.25. The predicted molar refractivity (Wildman–Crippen MR) is 69.2 cm³/mol. The Balaban J connectivity index is 2.08. The van der Waals surface area contributed by atoms with Gasteiger partial charge in [0.15, 0.2) is 0 Å². The highest BCUT2D eigenvalue weighted by molar-refractivity contribution is 5.90. The van der Waals surface area contributed by atoms with E-state index in [0.29, 0.717) is 6.54 Å². The lowest BCUT2D eigenvalue weighted by atomic mass is 9.99. The van der Waals surface area contributed by atoms with Gasteiger partial charge in [-0.3, -0.25) is 0 Å². The lowest BCUT2D eigenvalue weighted by molar-refractivity contribution is 0.252.